The van der Waals surface area contributed by atoms with E-state index in [9.17, 15) is 14.0 Å². The maximum atomic E-state index is 12.3. The van der Waals surface area contributed by atoms with Crippen LogP contribution in [0.15, 0.2) is 30.3 Å². The fraction of sp³-hybridized carbons (Fsp3) is 0.435. The minimum atomic E-state index is -0.549. The first-order valence-electron chi connectivity index (χ1n) is 10.9. The normalized spacial score (nSPS) is 11.5. The zero-order valence-electron chi connectivity index (χ0n) is 19.7. The molecule has 0 bridgehead atoms. The zero-order valence-corrected chi connectivity index (χ0v) is 19.7. The van der Waals surface area contributed by atoms with Crippen LogP contribution >= 0.6 is 0 Å². The maximum Gasteiger partial charge on any atom is 0.288 e. The largest absolute Gasteiger partial charge is 0.363 e. The summed E-state index contributed by atoms with van der Waals surface area (Å²) in [5.41, 5.74) is 6.65. The number of nitrogens with two attached hydrogens (primary N) is 1. The van der Waals surface area contributed by atoms with Crippen molar-refractivity contribution in [3.63, 3.8) is 0 Å². The van der Waals surface area contributed by atoms with Crippen molar-refractivity contribution < 1.29 is 14.0 Å². The van der Waals surface area contributed by atoms with Gasteiger partial charge in [-0.2, -0.15) is 5.10 Å². The van der Waals surface area contributed by atoms with Crippen LogP contribution in [0.4, 0.5) is 10.2 Å². The number of nitrogens with zero attached hydrogens (tertiary/aromatic N) is 6. The van der Waals surface area contributed by atoms with Crippen molar-refractivity contribution in [3.8, 4) is 0 Å². The molecule has 0 radical (unpaired) electrons. The summed E-state index contributed by atoms with van der Waals surface area (Å²) in [5, 5.41) is 8.25. The highest BCUT2D eigenvalue weighted by atomic mass is 19.1. The number of primary amides is 1. The summed E-state index contributed by atoms with van der Waals surface area (Å²) in [7, 11) is 1.74. The molecule has 0 spiro atoms. The number of anilines is 1. The highest BCUT2D eigenvalue weighted by molar-refractivity contribution is 5.88. The molecule has 1 aliphatic rings. The molecule has 178 valence electrons. The monoisotopic (exact) mass is 457 g/mol. The van der Waals surface area contributed by atoms with Crippen molar-refractivity contribution in [2.45, 2.75) is 59.5 Å². The van der Waals surface area contributed by atoms with E-state index in [1.54, 1.807) is 35.7 Å². The Morgan fingerprint density at radius 1 is 1.27 bits per heavy atom. The number of unbranched alkanes of at least 4 members (excludes halogenated alkanes) is 1. The predicted octanol–water partition coefficient (Wildman–Crippen LogP) is 3.04. The van der Waals surface area contributed by atoms with Gasteiger partial charge in [-0.1, -0.05) is 31.5 Å². The van der Waals surface area contributed by atoms with Crippen LogP contribution in [0, 0.1) is 19.7 Å². The van der Waals surface area contributed by atoms with Gasteiger partial charge in [-0.25, -0.2) is 18.7 Å². The second-order valence-electron chi connectivity index (χ2n) is 7.73. The molecule has 1 aromatic carbocycles. The summed E-state index contributed by atoms with van der Waals surface area (Å²) in [6.07, 6.45) is 4.98. The van der Waals surface area contributed by atoms with Crippen molar-refractivity contribution in [1.29, 1.82) is 0 Å². The Labute approximate surface area is 193 Å². The molecule has 0 aliphatic carbocycles. The number of halogens is 1. The number of carbonyl (C=O) groups excluding carboxylic acids is 2. The van der Waals surface area contributed by atoms with E-state index < -0.39 is 5.91 Å². The first kappa shape index (κ1) is 25.7. The molecule has 0 saturated carbocycles. The summed E-state index contributed by atoms with van der Waals surface area (Å²) in [4.78, 5) is 26.7. The third-order valence-corrected chi connectivity index (χ3v) is 4.94. The molecule has 0 unspecified atom stereocenters. The Hall–Kier alpha value is -3.56. The smallest absolute Gasteiger partial charge is 0.288 e. The number of aryl methyl sites for hydroxylation is 5. The number of fused-ring (bicyclic) bond motifs is 1. The highest BCUT2D eigenvalue weighted by Gasteiger charge is 2.17. The van der Waals surface area contributed by atoms with E-state index in [1.807, 2.05) is 23.7 Å². The lowest BCUT2D eigenvalue weighted by Gasteiger charge is -2.12. The minimum absolute atomic E-state index is 0.132. The van der Waals surface area contributed by atoms with Crippen LogP contribution in [-0.2, 0) is 24.3 Å². The second-order valence-corrected chi connectivity index (χ2v) is 7.73. The van der Waals surface area contributed by atoms with Crippen LogP contribution in [0.25, 0.3) is 0 Å². The molecule has 33 heavy (non-hydrogen) atoms. The van der Waals surface area contributed by atoms with Crippen LogP contribution < -0.4 is 10.6 Å². The predicted molar refractivity (Wildman–Crippen MR) is 124 cm³/mol. The van der Waals surface area contributed by atoms with Gasteiger partial charge < -0.3 is 10.6 Å². The van der Waals surface area contributed by atoms with E-state index in [4.69, 9.17) is 5.73 Å². The minimum Gasteiger partial charge on any atom is -0.363 e. The van der Waals surface area contributed by atoms with Gasteiger partial charge in [-0.15, -0.1) is 5.10 Å². The van der Waals surface area contributed by atoms with Crippen LogP contribution in [0.2, 0.25) is 0 Å². The summed E-state index contributed by atoms with van der Waals surface area (Å²) >= 11 is 0. The SMILES string of the molecule is CCCCn1nc(C)cc1N(C)C=O.Cc1ccccc1F.NC(=O)c1nc2n(n1)CCC2. The third-order valence-electron chi connectivity index (χ3n) is 4.94. The Kier molecular flexibility index (Phi) is 9.71. The van der Waals surface area contributed by atoms with Crippen LogP contribution in [-0.4, -0.2) is 43.9 Å². The van der Waals surface area contributed by atoms with Crippen molar-refractivity contribution >= 4 is 18.1 Å². The lowest BCUT2D eigenvalue weighted by Crippen LogP contribution is -2.18. The van der Waals surface area contributed by atoms with E-state index in [1.165, 1.54) is 6.07 Å². The van der Waals surface area contributed by atoms with Gasteiger partial charge in [-0.3, -0.25) is 9.59 Å². The van der Waals surface area contributed by atoms with E-state index in [0.717, 1.165) is 62.5 Å². The molecule has 10 heteroatoms. The zero-order chi connectivity index (χ0) is 24.4. The maximum absolute atomic E-state index is 12.3. The standard InChI is InChI=1S/C10H17N3O.C7H7F.C6H8N4O/c1-4-5-6-13-10(12(3)8-14)7-9(2)11-13;1-6-4-2-3-5-7(6)8;7-5(11)6-8-4-2-1-3-10(4)9-6/h7-8H,4-6H2,1-3H3;2-5H,1H3;1-3H2,(H2,7,11). The van der Waals surface area contributed by atoms with E-state index in [0.29, 0.717) is 5.56 Å². The first-order valence-corrected chi connectivity index (χ1v) is 10.9. The van der Waals surface area contributed by atoms with E-state index >= 15 is 0 Å². The third kappa shape index (κ3) is 7.51. The Morgan fingerprint density at radius 2 is 2.00 bits per heavy atom. The van der Waals surface area contributed by atoms with Crippen molar-refractivity contribution in [2.75, 3.05) is 11.9 Å². The molecule has 3 aromatic rings. The molecule has 0 fully saturated rings. The summed E-state index contributed by atoms with van der Waals surface area (Å²) in [6.45, 7) is 7.55. The Morgan fingerprint density at radius 3 is 2.55 bits per heavy atom. The number of aromatic nitrogens is 5. The van der Waals surface area contributed by atoms with E-state index in [2.05, 4.69) is 22.1 Å². The molecule has 2 aromatic heterocycles. The Balaban J connectivity index is 0.000000182. The van der Waals surface area contributed by atoms with Crippen molar-refractivity contribution in [2.24, 2.45) is 5.73 Å². The van der Waals surface area contributed by atoms with Gasteiger partial charge in [0.2, 0.25) is 12.2 Å². The van der Waals surface area contributed by atoms with Gasteiger partial charge in [0.1, 0.15) is 17.5 Å². The number of hydrogen-bond acceptors (Lipinski definition) is 5. The molecule has 2 N–H and O–H groups in total. The highest BCUT2D eigenvalue weighted by Crippen LogP contribution is 2.14. The molecular formula is C23H32FN7O2. The van der Waals surface area contributed by atoms with Gasteiger partial charge in [-0.05, 0) is 38.3 Å². The number of amides is 2. The van der Waals surface area contributed by atoms with Crippen molar-refractivity contribution in [1.82, 2.24) is 24.5 Å². The lowest BCUT2D eigenvalue weighted by molar-refractivity contribution is -0.107. The Bertz CT molecular complexity index is 1020. The molecule has 0 saturated heterocycles. The molecule has 4 rings (SSSR count). The fourth-order valence-corrected chi connectivity index (χ4v) is 3.12. The van der Waals surface area contributed by atoms with Gasteiger partial charge in [0.05, 0.1) is 5.69 Å². The van der Waals surface area contributed by atoms with Crippen molar-refractivity contribution in [3.05, 3.63) is 59.1 Å². The number of rotatable bonds is 6. The lowest BCUT2D eigenvalue weighted by atomic mass is 10.2. The fourth-order valence-electron chi connectivity index (χ4n) is 3.12. The van der Waals surface area contributed by atoms with Gasteiger partial charge in [0.25, 0.3) is 5.91 Å². The summed E-state index contributed by atoms with van der Waals surface area (Å²) in [6, 6.07) is 8.62. The molecule has 2 amide bonds. The quantitative estimate of drug-likeness (QED) is 0.572. The van der Waals surface area contributed by atoms with Gasteiger partial charge in [0.15, 0.2) is 0 Å². The average molecular weight is 458 g/mol. The molecule has 3 heterocycles. The van der Waals surface area contributed by atoms with E-state index in [-0.39, 0.29) is 11.6 Å². The number of hydrogen-bond donors (Lipinski definition) is 1. The van der Waals surface area contributed by atoms with Gasteiger partial charge in [0, 0.05) is 32.6 Å². The van der Waals surface area contributed by atoms with Crippen LogP contribution in [0.5, 0.6) is 0 Å². The molecule has 9 nitrogen and oxygen atoms in total. The first-order chi connectivity index (χ1) is 15.8. The van der Waals surface area contributed by atoms with Crippen LogP contribution in [0.3, 0.4) is 0 Å². The molecular weight excluding hydrogens is 425 g/mol. The second kappa shape index (κ2) is 12.5. The average Bonchev–Trinajstić information content (AvgIpc) is 3.49. The summed E-state index contributed by atoms with van der Waals surface area (Å²) < 4.78 is 15.9. The molecule has 0 atom stereocenters. The topological polar surface area (TPSA) is 112 Å². The number of carbonyl (C=O) groups is 2. The van der Waals surface area contributed by atoms with Crippen LogP contribution in [0.1, 0.15) is 53.9 Å². The van der Waals surface area contributed by atoms with Gasteiger partial charge >= 0.3 is 0 Å². The summed E-state index contributed by atoms with van der Waals surface area (Å²) in [5.74, 6) is 1.20. The molecule has 1 aliphatic heterocycles. The number of benzene rings is 1.